The van der Waals surface area contributed by atoms with Crippen LogP contribution in [0.15, 0.2) is 72.9 Å². The Morgan fingerprint density at radius 3 is 2.12 bits per heavy atom. The topological polar surface area (TPSA) is 178 Å². The van der Waals surface area contributed by atoms with Gasteiger partial charge in [-0.3, -0.25) is 28.9 Å². The maximum absolute atomic E-state index is 15.3. The number of thioether (sulfide) groups is 1. The quantitative estimate of drug-likeness (QED) is 0.0434. The number of benzene rings is 2. The molecule has 4 rings (SSSR count). The lowest BCUT2D eigenvalue weighted by Gasteiger charge is -2.41. The smallest absolute Gasteiger partial charge is 0.407 e. The fraction of sp³-hybridized carbons (Fsp3) is 0.500. The second-order valence-corrected chi connectivity index (χ2v) is 25.0. The van der Waals surface area contributed by atoms with Crippen molar-refractivity contribution in [2.75, 3.05) is 77.3 Å². The van der Waals surface area contributed by atoms with E-state index in [4.69, 9.17) is 14.2 Å². The Morgan fingerprint density at radius 2 is 1.48 bits per heavy atom. The fourth-order valence-corrected chi connectivity index (χ4v) is 8.61. The van der Waals surface area contributed by atoms with Crippen molar-refractivity contribution >= 4 is 55.5 Å². The first-order valence-electron chi connectivity index (χ1n) is 22.5. The number of halogens is 2. The highest BCUT2D eigenvalue weighted by Crippen LogP contribution is 2.41. The van der Waals surface area contributed by atoms with E-state index in [2.05, 4.69) is 35.6 Å². The average Bonchev–Trinajstić information content (AvgIpc) is 3.81. The molecule has 1 aromatic heterocycles. The van der Waals surface area contributed by atoms with Gasteiger partial charge >= 0.3 is 6.09 Å². The van der Waals surface area contributed by atoms with Crippen molar-refractivity contribution < 1.29 is 51.8 Å². The van der Waals surface area contributed by atoms with E-state index in [1.54, 1.807) is 11.1 Å². The van der Waals surface area contributed by atoms with Gasteiger partial charge in [0.15, 0.2) is 0 Å². The Bertz CT molecular complexity index is 2140. The normalized spacial score (nSPS) is 13.2. The summed E-state index contributed by atoms with van der Waals surface area (Å²) in [6, 6.07) is 15.2. The molecule has 1 aliphatic heterocycles. The van der Waals surface area contributed by atoms with E-state index < -0.39 is 55.0 Å². The first-order chi connectivity index (χ1) is 31.8. The second kappa shape index (κ2) is 26.8. The minimum Gasteiger partial charge on any atom is -0.450 e. The van der Waals surface area contributed by atoms with Crippen LogP contribution in [0.5, 0.6) is 0 Å². The molecule has 0 fully saturated rings. The third kappa shape index (κ3) is 19.0. The number of ether oxygens (including phenoxy) is 3. The molecule has 15 nitrogen and oxygen atoms in total. The summed E-state index contributed by atoms with van der Waals surface area (Å²) in [5.41, 5.74) is 1.73. The molecule has 0 radical (unpaired) electrons. The van der Waals surface area contributed by atoms with Gasteiger partial charge in [-0.25, -0.2) is 13.6 Å². The number of imide groups is 1. The second-order valence-electron chi connectivity index (χ2n) is 18.3. The van der Waals surface area contributed by atoms with Crippen molar-refractivity contribution in [2.24, 2.45) is 5.41 Å². The van der Waals surface area contributed by atoms with Crippen LogP contribution >= 0.6 is 11.8 Å². The van der Waals surface area contributed by atoms with Gasteiger partial charge in [-0.05, 0) is 47.7 Å². The number of carbonyl (C=O) groups is 6. The molecule has 1 atom stereocenters. The molecule has 67 heavy (non-hydrogen) atoms. The standard InChI is InChI=1S/C48H66F2N6O9SSi/c1-48(2,3)46(40-29-36(38-30-37(49)13-14-39(38)50)32-54(40)31-35-11-8-7-9-12-35)55(21-10-18-53-47(62)65-26-28-67(4,5)6)45(61)34-66-27-17-41(57)51-19-22-63-24-25-64-23-20-52-42(58)33-56-43(59)15-16-44(56)60/h7-9,11-16,29-30,32,46H,10,17-28,31,33-34H2,1-6H3,(H,51,57)(H,52,58)(H,53,62). The van der Waals surface area contributed by atoms with E-state index in [0.29, 0.717) is 30.9 Å². The van der Waals surface area contributed by atoms with E-state index in [1.165, 1.54) is 17.8 Å². The van der Waals surface area contributed by atoms with Crippen LogP contribution in [0.1, 0.15) is 50.9 Å². The summed E-state index contributed by atoms with van der Waals surface area (Å²) in [5, 5.41) is 8.21. The molecule has 3 N–H and O–H groups in total. The number of aromatic nitrogens is 1. The molecule has 1 unspecified atom stereocenters. The number of hydrogen-bond acceptors (Lipinski definition) is 10. The largest absolute Gasteiger partial charge is 0.450 e. The first kappa shape index (κ1) is 54.2. The van der Waals surface area contributed by atoms with E-state index in [9.17, 15) is 33.2 Å². The van der Waals surface area contributed by atoms with Gasteiger partial charge in [0, 0.05) is 88.1 Å². The van der Waals surface area contributed by atoms with Crippen molar-refractivity contribution in [2.45, 2.75) is 71.9 Å². The number of nitrogens with zero attached hydrogens (tertiary/aromatic N) is 3. The maximum Gasteiger partial charge on any atom is 0.407 e. The van der Waals surface area contributed by atoms with Crippen molar-refractivity contribution in [3.05, 3.63) is 95.8 Å². The van der Waals surface area contributed by atoms with Crippen LogP contribution < -0.4 is 16.0 Å². The summed E-state index contributed by atoms with van der Waals surface area (Å²) in [6.45, 7) is 15.0. The van der Waals surface area contributed by atoms with Gasteiger partial charge in [-0.1, -0.05) is 70.7 Å². The Morgan fingerprint density at radius 1 is 0.821 bits per heavy atom. The Balaban J connectivity index is 1.32. The molecule has 3 aromatic rings. The first-order valence-corrected chi connectivity index (χ1v) is 27.4. The average molecular weight is 969 g/mol. The molecule has 366 valence electrons. The molecule has 6 amide bonds. The van der Waals surface area contributed by atoms with Crippen LogP contribution in [0, 0.1) is 17.0 Å². The number of amides is 6. The number of rotatable bonds is 28. The van der Waals surface area contributed by atoms with Gasteiger partial charge in [-0.2, -0.15) is 11.8 Å². The molecule has 2 aromatic carbocycles. The zero-order valence-electron chi connectivity index (χ0n) is 39.5. The summed E-state index contributed by atoms with van der Waals surface area (Å²) in [4.78, 5) is 77.4. The van der Waals surface area contributed by atoms with Crippen LogP contribution in [0.25, 0.3) is 11.1 Å². The summed E-state index contributed by atoms with van der Waals surface area (Å²) in [7, 11) is -1.40. The Kier molecular flexibility index (Phi) is 21.7. The highest BCUT2D eigenvalue weighted by Gasteiger charge is 2.37. The lowest BCUT2D eigenvalue weighted by atomic mass is 9.83. The Hall–Kier alpha value is -5.37. The number of hydrogen-bond donors (Lipinski definition) is 3. The Labute approximate surface area is 397 Å². The van der Waals surface area contributed by atoms with Crippen molar-refractivity contribution in [1.29, 1.82) is 0 Å². The molecule has 2 heterocycles. The maximum atomic E-state index is 15.3. The van der Waals surface area contributed by atoms with Crippen LogP contribution in [-0.4, -0.2) is 135 Å². The summed E-state index contributed by atoms with van der Waals surface area (Å²) in [6.07, 6.45) is 4.09. The number of carbonyl (C=O) groups excluding carboxylic acids is 6. The molecule has 19 heteroatoms. The van der Waals surface area contributed by atoms with Gasteiger partial charge in [-0.15, -0.1) is 0 Å². The monoisotopic (exact) mass is 968 g/mol. The third-order valence-electron chi connectivity index (χ3n) is 10.4. The van der Waals surface area contributed by atoms with Crippen molar-refractivity contribution in [1.82, 2.24) is 30.3 Å². The van der Waals surface area contributed by atoms with Crippen molar-refractivity contribution in [3.63, 3.8) is 0 Å². The molecular weight excluding hydrogens is 903 g/mol. The zero-order chi connectivity index (χ0) is 49.0. The fourth-order valence-electron chi connectivity index (χ4n) is 7.08. The molecule has 1 aliphatic rings. The summed E-state index contributed by atoms with van der Waals surface area (Å²) in [5.74, 6) is -2.62. The lowest BCUT2D eigenvalue weighted by Crippen LogP contribution is -2.44. The molecule has 0 saturated heterocycles. The molecule has 0 bridgehead atoms. The predicted molar refractivity (Wildman–Crippen MR) is 257 cm³/mol. The van der Waals surface area contributed by atoms with Crippen molar-refractivity contribution in [3.8, 4) is 11.1 Å². The van der Waals surface area contributed by atoms with Gasteiger partial charge in [0.2, 0.25) is 17.7 Å². The molecular formula is C48H66F2N6O9SSi. The van der Waals surface area contributed by atoms with Crippen LogP contribution in [0.3, 0.4) is 0 Å². The highest BCUT2D eigenvalue weighted by atomic mass is 32.2. The molecule has 0 saturated carbocycles. The van der Waals surface area contributed by atoms with Crippen LogP contribution in [-0.2, 0) is 44.7 Å². The lowest BCUT2D eigenvalue weighted by molar-refractivity contribution is -0.141. The number of alkyl carbamates (subject to hydrolysis) is 1. The summed E-state index contributed by atoms with van der Waals surface area (Å²) >= 11 is 1.33. The van der Waals surface area contributed by atoms with E-state index >= 15 is 4.39 Å². The highest BCUT2D eigenvalue weighted by molar-refractivity contribution is 7.99. The van der Waals surface area contributed by atoms with E-state index in [0.717, 1.165) is 46.5 Å². The van der Waals surface area contributed by atoms with Crippen LogP contribution in [0.2, 0.25) is 25.7 Å². The van der Waals surface area contributed by atoms with E-state index in [1.807, 2.05) is 61.7 Å². The SMILES string of the molecule is CC(C)(C)C(c1cc(-c2cc(F)ccc2F)cn1Cc1ccccc1)N(CCCNC(=O)OCC[Si](C)(C)C)C(=O)CSCCC(=O)NCCOCCOCCNC(=O)CN1C(=O)C=CC1=O. The molecule has 0 aliphatic carbocycles. The van der Waals surface area contributed by atoms with Gasteiger partial charge in [0.1, 0.15) is 18.2 Å². The minimum atomic E-state index is -1.40. The van der Waals surface area contributed by atoms with Gasteiger partial charge < -0.3 is 39.6 Å². The minimum absolute atomic E-state index is 0.0683. The molecule has 0 spiro atoms. The number of nitrogens with one attached hydrogen (secondary N) is 3. The van der Waals surface area contributed by atoms with Gasteiger partial charge in [0.25, 0.3) is 11.8 Å². The van der Waals surface area contributed by atoms with Gasteiger partial charge in [0.05, 0.1) is 44.8 Å². The predicted octanol–water partition coefficient (Wildman–Crippen LogP) is 6.17. The third-order valence-corrected chi connectivity index (χ3v) is 13.1. The summed E-state index contributed by atoms with van der Waals surface area (Å²) < 4.78 is 48.1. The van der Waals surface area contributed by atoms with E-state index in [-0.39, 0.29) is 88.7 Å². The van der Waals surface area contributed by atoms with Crippen LogP contribution in [0.4, 0.5) is 13.6 Å². The zero-order valence-corrected chi connectivity index (χ0v) is 41.3.